The van der Waals surface area contributed by atoms with Crippen LogP contribution in [0.25, 0.3) is 0 Å². The van der Waals surface area contributed by atoms with E-state index in [1.807, 2.05) is 17.5 Å². The Bertz CT molecular complexity index is 406. The summed E-state index contributed by atoms with van der Waals surface area (Å²) < 4.78 is 0. The summed E-state index contributed by atoms with van der Waals surface area (Å²) in [5.41, 5.74) is 0. The Hall–Kier alpha value is -1.56. The van der Waals surface area contributed by atoms with Gasteiger partial charge in [-0.15, -0.1) is 11.3 Å². The molecule has 5 nitrogen and oxygen atoms in total. The van der Waals surface area contributed by atoms with E-state index in [1.54, 1.807) is 30.2 Å². The average Bonchev–Trinajstić information content (AvgIpc) is 2.86. The number of nitrogens with zero attached hydrogens (tertiary/aromatic N) is 1. The maximum Gasteiger partial charge on any atom is 0.317 e. The first-order valence-corrected chi connectivity index (χ1v) is 7.13. The van der Waals surface area contributed by atoms with Gasteiger partial charge in [0.05, 0.1) is 12.5 Å². The van der Waals surface area contributed by atoms with Crippen molar-refractivity contribution in [2.24, 2.45) is 5.92 Å². The molecular formula is C13H20N2O3S. The van der Waals surface area contributed by atoms with Gasteiger partial charge in [-0.25, -0.2) is 4.79 Å². The first-order valence-electron chi connectivity index (χ1n) is 6.25. The molecule has 0 aliphatic heterocycles. The summed E-state index contributed by atoms with van der Waals surface area (Å²) in [6.07, 6.45) is 1.25. The summed E-state index contributed by atoms with van der Waals surface area (Å²) in [4.78, 5) is 25.1. The van der Waals surface area contributed by atoms with Gasteiger partial charge in [0.1, 0.15) is 0 Å². The molecule has 0 aromatic carbocycles. The lowest BCUT2D eigenvalue weighted by atomic mass is 10.1. The summed E-state index contributed by atoms with van der Waals surface area (Å²) in [6.45, 7) is 2.77. The number of urea groups is 1. The number of hydrogen-bond acceptors (Lipinski definition) is 3. The highest BCUT2D eigenvalue weighted by molar-refractivity contribution is 7.09. The Morgan fingerprint density at radius 1 is 1.53 bits per heavy atom. The minimum Gasteiger partial charge on any atom is -0.481 e. The Morgan fingerprint density at radius 2 is 2.26 bits per heavy atom. The minimum atomic E-state index is -0.791. The van der Waals surface area contributed by atoms with E-state index in [0.717, 1.165) is 4.88 Å². The van der Waals surface area contributed by atoms with Gasteiger partial charge < -0.3 is 15.3 Å². The van der Waals surface area contributed by atoms with Gasteiger partial charge in [-0.1, -0.05) is 13.0 Å². The Labute approximate surface area is 117 Å². The monoisotopic (exact) mass is 284 g/mol. The highest BCUT2D eigenvalue weighted by Crippen LogP contribution is 2.10. The van der Waals surface area contributed by atoms with Crippen molar-refractivity contribution in [3.8, 4) is 0 Å². The third-order valence-corrected chi connectivity index (χ3v) is 3.69. The fraction of sp³-hybridized carbons (Fsp3) is 0.538. The fourth-order valence-electron chi connectivity index (χ4n) is 1.57. The zero-order valence-corrected chi connectivity index (χ0v) is 12.1. The van der Waals surface area contributed by atoms with Crippen LogP contribution in [0.3, 0.4) is 0 Å². The third-order valence-electron chi connectivity index (χ3n) is 2.83. The molecule has 6 heteroatoms. The van der Waals surface area contributed by atoms with Crippen LogP contribution >= 0.6 is 11.3 Å². The van der Waals surface area contributed by atoms with Crippen LogP contribution in [0.2, 0.25) is 0 Å². The highest BCUT2D eigenvalue weighted by Gasteiger charge is 2.11. The molecule has 1 atom stereocenters. The van der Waals surface area contributed by atoms with Gasteiger partial charge in [-0.3, -0.25) is 4.79 Å². The lowest BCUT2D eigenvalue weighted by Crippen LogP contribution is -2.37. The number of rotatable bonds is 7. The zero-order chi connectivity index (χ0) is 14.3. The Kier molecular flexibility index (Phi) is 6.35. The number of thiophene rings is 1. The molecule has 1 heterocycles. The van der Waals surface area contributed by atoms with Crippen molar-refractivity contribution in [3.63, 3.8) is 0 Å². The summed E-state index contributed by atoms with van der Waals surface area (Å²) >= 11 is 1.62. The predicted molar refractivity (Wildman–Crippen MR) is 75.2 cm³/mol. The molecule has 0 spiro atoms. The largest absolute Gasteiger partial charge is 0.481 e. The second-order valence-corrected chi connectivity index (χ2v) is 5.58. The Balaban J connectivity index is 2.18. The molecule has 1 rings (SSSR count). The smallest absolute Gasteiger partial charge is 0.317 e. The Morgan fingerprint density at radius 3 is 2.84 bits per heavy atom. The maximum absolute atomic E-state index is 11.8. The van der Waals surface area contributed by atoms with E-state index < -0.39 is 5.97 Å². The highest BCUT2D eigenvalue weighted by atomic mass is 32.1. The van der Waals surface area contributed by atoms with Crippen molar-refractivity contribution < 1.29 is 14.7 Å². The van der Waals surface area contributed by atoms with Gasteiger partial charge in [-0.2, -0.15) is 0 Å². The second-order valence-electron chi connectivity index (χ2n) is 4.55. The molecule has 0 aliphatic carbocycles. The van der Waals surface area contributed by atoms with E-state index in [4.69, 9.17) is 5.11 Å². The van der Waals surface area contributed by atoms with Crippen molar-refractivity contribution in [1.82, 2.24) is 10.2 Å². The number of carbonyl (C=O) groups excluding carboxylic acids is 1. The summed E-state index contributed by atoms with van der Waals surface area (Å²) in [5.74, 6) is -1.15. The van der Waals surface area contributed by atoms with Crippen molar-refractivity contribution in [3.05, 3.63) is 22.4 Å². The number of hydrogen-bond donors (Lipinski definition) is 2. The van der Waals surface area contributed by atoms with Crippen LogP contribution in [0.5, 0.6) is 0 Å². The number of aliphatic carboxylic acids is 1. The van der Waals surface area contributed by atoms with E-state index >= 15 is 0 Å². The molecule has 0 saturated carbocycles. The summed E-state index contributed by atoms with van der Waals surface area (Å²) in [7, 11) is 1.74. The van der Waals surface area contributed by atoms with E-state index in [1.165, 1.54) is 0 Å². The predicted octanol–water partition coefficient (Wildman–Crippen LogP) is 2.39. The van der Waals surface area contributed by atoms with Crippen LogP contribution in [-0.4, -0.2) is 35.6 Å². The number of carboxylic acid groups (broad SMARTS) is 1. The molecule has 1 aromatic rings. The first kappa shape index (κ1) is 15.5. The molecule has 2 amide bonds. The van der Waals surface area contributed by atoms with Crippen LogP contribution in [0.4, 0.5) is 4.79 Å². The first-order chi connectivity index (χ1) is 9.00. The van der Waals surface area contributed by atoms with Crippen molar-refractivity contribution >= 4 is 23.3 Å². The number of carbonyl (C=O) groups is 2. The minimum absolute atomic E-state index is 0.128. The quantitative estimate of drug-likeness (QED) is 0.755. The van der Waals surface area contributed by atoms with Crippen molar-refractivity contribution in [2.45, 2.75) is 26.3 Å². The summed E-state index contributed by atoms with van der Waals surface area (Å²) in [6, 6.07) is 3.82. The van der Waals surface area contributed by atoms with Crippen molar-refractivity contribution in [1.29, 1.82) is 0 Å². The SMILES string of the molecule is CC(CCCNC(=O)N(C)Cc1cccs1)C(=O)O. The lowest BCUT2D eigenvalue weighted by Gasteiger charge is -2.17. The number of amides is 2. The molecule has 0 radical (unpaired) electrons. The topological polar surface area (TPSA) is 69.6 Å². The van der Waals surface area contributed by atoms with Crippen LogP contribution in [0.1, 0.15) is 24.6 Å². The average molecular weight is 284 g/mol. The normalized spacial score (nSPS) is 11.9. The lowest BCUT2D eigenvalue weighted by molar-refractivity contribution is -0.141. The summed E-state index contributed by atoms with van der Waals surface area (Å²) in [5, 5.41) is 13.5. The molecule has 1 aromatic heterocycles. The van der Waals surface area contributed by atoms with Gasteiger partial charge in [0.25, 0.3) is 0 Å². The maximum atomic E-state index is 11.8. The molecular weight excluding hydrogens is 264 g/mol. The van der Waals surface area contributed by atoms with E-state index in [2.05, 4.69) is 5.32 Å². The van der Waals surface area contributed by atoms with Gasteiger partial charge in [0.2, 0.25) is 0 Å². The van der Waals surface area contributed by atoms with Gasteiger partial charge in [-0.05, 0) is 24.3 Å². The van der Waals surface area contributed by atoms with Crippen molar-refractivity contribution in [2.75, 3.05) is 13.6 Å². The van der Waals surface area contributed by atoms with Crippen LogP contribution in [-0.2, 0) is 11.3 Å². The molecule has 0 aliphatic rings. The van der Waals surface area contributed by atoms with Gasteiger partial charge in [0, 0.05) is 18.5 Å². The molecule has 0 bridgehead atoms. The molecule has 106 valence electrons. The molecule has 0 fully saturated rings. The van der Waals surface area contributed by atoms with Gasteiger partial charge >= 0.3 is 12.0 Å². The second kappa shape index (κ2) is 7.78. The zero-order valence-electron chi connectivity index (χ0n) is 11.3. The third kappa shape index (κ3) is 5.74. The fourth-order valence-corrected chi connectivity index (χ4v) is 2.33. The van der Waals surface area contributed by atoms with Crippen LogP contribution < -0.4 is 5.32 Å². The molecule has 0 saturated heterocycles. The van der Waals surface area contributed by atoms with E-state index in [-0.39, 0.29) is 11.9 Å². The standard InChI is InChI=1S/C13H20N2O3S/c1-10(12(16)17)5-3-7-14-13(18)15(2)9-11-6-4-8-19-11/h4,6,8,10H,3,5,7,9H2,1-2H3,(H,14,18)(H,16,17). The molecule has 1 unspecified atom stereocenters. The number of nitrogens with one attached hydrogen (secondary N) is 1. The van der Waals surface area contributed by atoms with Crippen LogP contribution in [0, 0.1) is 5.92 Å². The van der Waals surface area contributed by atoms with E-state index in [9.17, 15) is 9.59 Å². The number of carboxylic acids is 1. The molecule has 19 heavy (non-hydrogen) atoms. The van der Waals surface area contributed by atoms with Gasteiger partial charge in [0.15, 0.2) is 0 Å². The van der Waals surface area contributed by atoms with E-state index in [0.29, 0.717) is 25.9 Å². The molecule has 2 N–H and O–H groups in total. The van der Waals surface area contributed by atoms with Crippen LogP contribution in [0.15, 0.2) is 17.5 Å².